The van der Waals surface area contributed by atoms with Gasteiger partial charge in [0.1, 0.15) is 5.82 Å². The number of benzene rings is 1. The Hall–Kier alpha value is -1.84. The molecule has 1 aliphatic carbocycles. The molecule has 0 unspecified atom stereocenters. The van der Waals surface area contributed by atoms with Gasteiger partial charge in [-0.3, -0.25) is 4.68 Å². The zero-order chi connectivity index (χ0) is 14.1. The van der Waals surface area contributed by atoms with E-state index >= 15 is 0 Å². The molecule has 0 bridgehead atoms. The van der Waals surface area contributed by atoms with E-state index in [1.54, 1.807) is 12.1 Å². The molecule has 20 heavy (non-hydrogen) atoms. The van der Waals surface area contributed by atoms with Crippen molar-refractivity contribution in [2.24, 2.45) is 0 Å². The highest BCUT2D eigenvalue weighted by Crippen LogP contribution is 2.38. The molecule has 3 rings (SSSR count). The summed E-state index contributed by atoms with van der Waals surface area (Å²) in [5.41, 5.74) is 2.18. The number of nitrogens with one attached hydrogen (secondary N) is 1. The Morgan fingerprint density at radius 2 is 2.15 bits per heavy atom. The van der Waals surface area contributed by atoms with Crippen LogP contribution < -0.4 is 5.32 Å². The van der Waals surface area contributed by atoms with Gasteiger partial charge >= 0.3 is 0 Å². The van der Waals surface area contributed by atoms with Gasteiger partial charge in [0.25, 0.3) is 0 Å². The number of rotatable bonds is 4. The zero-order valence-corrected chi connectivity index (χ0v) is 11.9. The minimum absolute atomic E-state index is 0.142. The van der Waals surface area contributed by atoms with Crippen molar-refractivity contribution in [1.29, 1.82) is 0 Å². The van der Waals surface area contributed by atoms with Crippen LogP contribution in [-0.2, 0) is 0 Å². The van der Waals surface area contributed by atoms with Gasteiger partial charge in [0.2, 0.25) is 0 Å². The van der Waals surface area contributed by atoms with Crippen LogP contribution in [0.3, 0.4) is 0 Å². The molecule has 106 valence electrons. The van der Waals surface area contributed by atoms with Crippen molar-refractivity contribution >= 4 is 5.69 Å². The van der Waals surface area contributed by atoms with Crippen molar-refractivity contribution < 1.29 is 4.39 Å². The summed E-state index contributed by atoms with van der Waals surface area (Å²) in [4.78, 5) is 0. The van der Waals surface area contributed by atoms with Crippen LogP contribution in [0.15, 0.2) is 36.7 Å². The number of halogens is 1. The first-order valence-electron chi connectivity index (χ1n) is 7.18. The zero-order valence-electron chi connectivity index (χ0n) is 11.9. The summed E-state index contributed by atoms with van der Waals surface area (Å²) < 4.78 is 15.1. The lowest BCUT2D eigenvalue weighted by Crippen LogP contribution is -2.33. The first-order valence-corrected chi connectivity index (χ1v) is 7.18. The number of hydrogen-bond donors (Lipinski definition) is 1. The average Bonchev–Trinajstić information content (AvgIpc) is 2.82. The van der Waals surface area contributed by atoms with E-state index in [9.17, 15) is 4.39 Å². The van der Waals surface area contributed by atoms with E-state index in [-0.39, 0.29) is 5.82 Å². The Bertz CT molecular complexity index is 585. The lowest BCUT2D eigenvalue weighted by Gasteiger charge is -2.36. The Morgan fingerprint density at radius 3 is 2.80 bits per heavy atom. The second-order valence-electron chi connectivity index (χ2n) is 5.87. The molecule has 0 amide bonds. The third kappa shape index (κ3) is 2.69. The molecule has 1 heterocycles. The molecule has 0 saturated heterocycles. The van der Waals surface area contributed by atoms with Gasteiger partial charge in [-0.15, -0.1) is 0 Å². The van der Waals surface area contributed by atoms with Gasteiger partial charge in [0.05, 0.1) is 11.9 Å². The second-order valence-corrected chi connectivity index (χ2v) is 5.87. The molecule has 4 heteroatoms. The number of nitrogens with zero attached hydrogens (tertiary/aromatic N) is 2. The molecular weight excluding hydrogens is 253 g/mol. The molecule has 0 spiro atoms. The summed E-state index contributed by atoms with van der Waals surface area (Å²) >= 11 is 0. The normalized spacial score (nSPS) is 21.8. The third-order valence-corrected chi connectivity index (χ3v) is 3.96. The quantitative estimate of drug-likeness (QED) is 0.913. The minimum atomic E-state index is -0.142. The smallest absolute Gasteiger partial charge is 0.123 e. The Morgan fingerprint density at radius 1 is 1.35 bits per heavy atom. The lowest BCUT2D eigenvalue weighted by atomic mass is 9.76. The fourth-order valence-electron chi connectivity index (χ4n) is 2.70. The molecule has 2 aromatic rings. The van der Waals surface area contributed by atoms with Crippen LogP contribution in [0.4, 0.5) is 10.1 Å². The fourth-order valence-corrected chi connectivity index (χ4v) is 2.70. The van der Waals surface area contributed by atoms with E-state index in [1.165, 1.54) is 6.07 Å². The molecule has 3 nitrogen and oxygen atoms in total. The topological polar surface area (TPSA) is 29.9 Å². The van der Waals surface area contributed by atoms with Crippen molar-refractivity contribution in [3.8, 4) is 0 Å². The maximum Gasteiger partial charge on any atom is 0.123 e. The summed E-state index contributed by atoms with van der Waals surface area (Å²) in [6.07, 6.45) is 6.02. The van der Waals surface area contributed by atoms with Crippen molar-refractivity contribution in [2.45, 2.75) is 44.7 Å². The summed E-state index contributed by atoms with van der Waals surface area (Å²) in [6, 6.07) is 7.80. The molecule has 1 fully saturated rings. The largest absolute Gasteiger partial charge is 0.380 e. The van der Waals surface area contributed by atoms with Crippen LogP contribution >= 0.6 is 0 Å². The van der Waals surface area contributed by atoms with E-state index in [0.29, 0.717) is 18.0 Å². The maximum atomic E-state index is 13.2. The van der Waals surface area contributed by atoms with E-state index in [1.807, 2.05) is 23.1 Å². The number of anilines is 1. The fraction of sp³-hybridized carbons (Fsp3) is 0.438. The van der Waals surface area contributed by atoms with Gasteiger partial charge in [-0.2, -0.15) is 5.10 Å². The van der Waals surface area contributed by atoms with Gasteiger partial charge in [-0.05, 0) is 50.3 Å². The van der Waals surface area contributed by atoms with Gasteiger partial charge < -0.3 is 5.32 Å². The highest BCUT2D eigenvalue weighted by molar-refractivity contribution is 5.41. The standard InChI is InChI=1S/C16H20FN3/c1-11(2)20-10-16(9-18-20)19-15-7-13(8-15)12-4-3-5-14(17)6-12/h3-6,9-11,13,15,19H,7-8H2,1-2H3. The van der Waals surface area contributed by atoms with Gasteiger partial charge in [-0.1, -0.05) is 12.1 Å². The summed E-state index contributed by atoms with van der Waals surface area (Å²) in [5, 5.41) is 7.81. The van der Waals surface area contributed by atoms with Crippen LogP contribution in [0.25, 0.3) is 0 Å². The number of hydrogen-bond acceptors (Lipinski definition) is 2. The summed E-state index contributed by atoms with van der Waals surface area (Å²) in [6.45, 7) is 4.22. The molecule has 1 aromatic heterocycles. The van der Waals surface area contributed by atoms with Crippen LogP contribution in [0, 0.1) is 5.82 Å². The van der Waals surface area contributed by atoms with Crippen molar-refractivity contribution in [2.75, 3.05) is 5.32 Å². The van der Waals surface area contributed by atoms with Crippen LogP contribution in [-0.4, -0.2) is 15.8 Å². The van der Waals surface area contributed by atoms with E-state index < -0.39 is 0 Å². The molecule has 1 N–H and O–H groups in total. The SMILES string of the molecule is CC(C)n1cc(NC2CC(c3cccc(F)c3)C2)cn1. The van der Waals surface area contributed by atoms with E-state index in [0.717, 1.165) is 24.1 Å². The highest BCUT2D eigenvalue weighted by atomic mass is 19.1. The predicted molar refractivity (Wildman–Crippen MR) is 78.4 cm³/mol. The second kappa shape index (κ2) is 5.27. The van der Waals surface area contributed by atoms with Crippen molar-refractivity contribution in [3.63, 3.8) is 0 Å². The predicted octanol–water partition coefficient (Wildman–Crippen LogP) is 3.96. The molecule has 0 aliphatic heterocycles. The molecule has 0 atom stereocenters. The maximum absolute atomic E-state index is 13.2. The third-order valence-electron chi connectivity index (χ3n) is 3.96. The van der Waals surface area contributed by atoms with Crippen molar-refractivity contribution in [3.05, 3.63) is 48.0 Å². The molecule has 0 radical (unpaired) electrons. The molecular formula is C16H20FN3. The average molecular weight is 273 g/mol. The Labute approximate surface area is 118 Å². The number of aromatic nitrogens is 2. The Balaban J connectivity index is 1.55. The van der Waals surface area contributed by atoms with E-state index in [2.05, 4.69) is 24.3 Å². The van der Waals surface area contributed by atoms with E-state index in [4.69, 9.17) is 0 Å². The minimum Gasteiger partial charge on any atom is -0.380 e. The van der Waals surface area contributed by atoms with Crippen molar-refractivity contribution in [1.82, 2.24) is 9.78 Å². The first-order chi connectivity index (χ1) is 9.61. The first kappa shape index (κ1) is 13.2. The molecule has 1 aliphatic rings. The monoisotopic (exact) mass is 273 g/mol. The molecule has 1 saturated carbocycles. The van der Waals surface area contributed by atoms with Gasteiger partial charge in [0, 0.05) is 18.3 Å². The van der Waals surface area contributed by atoms with Crippen LogP contribution in [0.1, 0.15) is 44.2 Å². The van der Waals surface area contributed by atoms with Crippen LogP contribution in [0.5, 0.6) is 0 Å². The summed E-state index contributed by atoms with van der Waals surface area (Å²) in [5.74, 6) is 0.334. The summed E-state index contributed by atoms with van der Waals surface area (Å²) in [7, 11) is 0. The lowest BCUT2D eigenvalue weighted by molar-refractivity contribution is 0.373. The van der Waals surface area contributed by atoms with Gasteiger partial charge in [-0.25, -0.2) is 4.39 Å². The molecule has 1 aromatic carbocycles. The van der Waals surface area contributed by atoms with Gasteiger partial charge in [0.15, 0.2) is 0 Å². The van der Waals surface area contributed by atoms with Crippen LogP contribution in [0.2, 0.25) is 0 Å². The highest BCUT2D eigenvalue weighted by Gasteiger charge is 2.30. The Kier molecular flexibility index (Phi) is 3.47.